The molecule has 78 valence electrons. The second kappa shape index (κ2) is 3.98. The molecule has 1 unspecified atom stereocenters. The molecule has 1 aliphatic rings. The third kappa shape index (κ3) is 1.61. The fourth-order valence-electron chi connectivity index (χ4n) is 1.51. The monoisotopic (exact) mass is 221 g/mol. The molecule has 1 aliphatic heterocycles. The maximum atomic E-state index is 11.8. The van der Waals surface area contributed by atoms with Crippen LogP contribution in [-0.4, -0.2) is 13.1 Å². The molecule has 3 nitrogen and oxygen atoms in total. The summed E-state index contributed by atoms with van der Waals surface area (Å²) in [7, 11) is 1.40. The van der Waals surface area contributed by atoms with Crippen LogP contribution in [0.5, 0.6) is 0 Å². The minimum absolute atomic E-state index is 0.288. The maximum Gasteiger partial charge on any atom is 0.347 e. The average Bonchev–Trinajstić information content (AvgIpc) is 2.79. The van der Waals surface area contributed by atoms with Crippen LogP contribution in [0, 0.1) is 0 Å². The lowest BCUT2D eigenvalue weighted by molar-refractivity contribution is -0.144. The molecule has 4 heteroatoms. The first kappa shape index (κ1) is 10.1. The normalized spacial score (nSPS) is 23.5. The van der Waals surface area contributed by atoms with Gasteiger partial charge in [-0.25, -0.2) is 4.79 Å². The van der Waals surface area contributed by atoms with Gasteiger partial charge in [0.15, 0.2) is 0 Å². The number of ether oxygens (including phenoxy) is 1. The highest BCUT2D eigenvalue weighted by molar-refractivity contribution is 8.03. The molecule has 15 heavy (non-hydrogen) atoms. The van der Waals surface area contributed by atoms with Crippen LogP contribution in [0.1, 0.15) is 5.56 Å². The third-order valence-corrected chi connectivity index (χ3v) is 3.40. The lowest BCUT2D eigenvalue weighted by Gasteiger charge is -2.26. The maximum absolute atomic E-state index is 11.8. The zero-order chi connectivity index (χ0) is 10.7. The van der Waals surface area contributed by atoms with Crippen LogP contribution in [0.2, 0.25) is 0 Å². The number of nitrogens with one attached hydrogen (secondary N) is 1. The summed E-state index contributed by atoms with van der Waals surface area (Å²) in [6, 6.07) is 9.54. The molecular formula is C11H11NO2S. The summed E-state index contributed by atoms with van der Waals surface area (Å²) in [5.41, 5.74) is 0.895. The summed E-state index contributed by atoms with van der Waals surface area (Å²) in [6.45, 7) is 0. The van der Waals surface area contributed by atoms with Gasteiger partial charge < -0.3 is 10.1 Å². The average molecular weight is 221 g/mol. The summed E-state index contributed by atoms with van der Waals surface area (Å²) in [6.07, 6.45) is 1.76. The van der Waals surface area contributed by atoms with Gasteiger partial charge in [-0.05, 0) is 11.0 Å². The van der Waals surface area contributed by atoms with Gasteiger partial charge in [-0.15, -0.1) is 0 Å². The molecule has 0 aromatic heterocycles. The molecule has 1 N–H and O–H groups in total. The minimum Gasteiger partial charge on any atom is -0.466 e. The Hall–Kier alpha value is -1.42. The van der Waals surface area contributed by atoms with Crippen molar-refractivity contribution in [3.05, 3.63) is 47.5 Å². The smallest absolute Gasteiger partial charge is 0.347 e. The quantitative estimate of drug-likeness (QED) is 0.773. The molecule has 0 bridgehead atoms. The molecule has 2 rings (SSSR count). The third-order valence-electron chi connectivity index (χ3n) is 2.25. The van der Waals surface area contributed by atoms with E-state index in [-0.39, 0.29) is 5.97 Å². The van der Waals surface area contributed by atoms with Crippen molar-refractivity contribution in [3.8, 4) is 0 Å². The molecule has 1 atom stereocenters. The molecule has 1 heterocycles. The second-order valence-corrected chi connectivity index (χ2v) is 4.22. The first-order valence-corrected chi connectivity index (χ1v) is 5.42. The lowest BCUT2D eigenvalue weighted by Crippen LogP contribution is -2.42. The van der Waals surface area contributed by atoms with Crippen LogP contribution in [-0.2, 0) is 14.4 Å². The molecule has 0 saturated heterocycles. The van der Waals surface area contributed by atoms with E-state index in [1.54, 1.807) is 6.20 Å². The van der Waals surface area contributed by atoms with E-state index < -0.39 is 4.87 Å². The number of hydrogen-bond donors (Lipinski definition) is 1. The highest BCUT2D eigenvalue weighted by Crippen LogP contribution is 2.39. The van der Waals surface area contributed by atoms with E-state index in [0.717, 1.165) is 5.56 Å². The largest absolute Gasteiger partial charge is 0.466 e. The van der Waals surface area contributed by atoms with Crippen molar-refractivity contribution in [2.45, 2.75) is 4.87 Å². The van der Waals surface area contributed by atoms with Crippen molar-refractivity contribution < 1.29 is 9.53 Å². The Labute approximate surface area is 92.5 Å². The summed E-state index contributed by atoms with van der Waals surface area (Å²) in [5, 5.41) is 4.90. The zero-order valence-electron chi connectivity index (χ0n) is 8.27. The van der Waals surface area contributed by atoms with E-state index in [1.165, 1.54) is 18.9 Å². The van der Waals surface area contributed by atoms with Crippen LogP contribution < -0.4 is 5.32 Å². The van der Waals surface area contributed by atoms with E-state index in [9.17, 15) is 4.79 Å². The van der Waals surface area contributed by atoms with Crippen molar-refractivity contribution >= 4 is 17.7 Å². The van der Waals surface area contributed by atoms with E-state index >= 15 is 0 Å². The molecule has 0 saturated carbocycles. The van der Waals surface area contributed by atoms with Crippen molar-refractivity contribution in [2.75, 3.05) is 7.11 Å². The fraction of sp³-hybridized carbons (Fsp3) is 0.182. The van der Waals surface area contributed by atoms with E-state index in [2.05, 4.69) is 5.32 Å². The Balaban J connectivity index is 2.40. The Kier molecular flexibility index (Phi) is 2.68. The predicted octanol–water partition coefficient (Wildman–Crippen LogP) is 1.82. The zero-order valence-corrected chi connectivity index (χ0v) is 9.08. The van der Waals surface area contributed by atoms with Gasteiger partial charge in [0.25, 0.3) is 0 Å². The number of thioether (sulfide) groups is 1. The number of rotatable bonds is 2. The highest BCUT2D eigenvalue weighted by atomic mass is 32.2. The van der Waals surface area contributed by atoms with E-state index in [1.807, 2.05) is 35.7 Å². The molecule has 0 spiro atoms. The van der Waals surface area contributed by atoms with Gasteiger partial charge in [-0.2, -0.15) is 0 Å². The minimum atomic E-state index is -0.810. The van der Waals surface area contributed by atoms with Gasteiger partial charge in [0.05, 0.1) is 7.11 Å². The van der Waals surface area contributed by atoms with Gasteiger partial charge in [-0.1, -0.05) is 42.1 Å². The van der Waals surface area contributed by atoms with Crippen molar-refractivity contribution in [2.24, 2.45) is 0 Å². The number of methoxy groups -OCH3 is 1. The standard InChI is InChI=1S/C11H11NO2S/c1-14-10(13)11(12-7-8-15-11)9-5-3-2-4-6-9/h2-8,12H,1H3. The summed E-state index contributed by atoms with van der Waals surface area (Å²) >= 11 is 1.41. The molecule has 0 radical (unpaired) electrons. The first-order chi connectivity index (χ1) is 7.29. The van der Waals surface area contributed by atoms with E-state index in [0.29, 0.717) is 0 Å². The van der Waals surface area contributed by atoms with Gasteiger partial charge in [0.2, 0.25) is 4.87 Å². The van der Waals surface area contributed by atoms with Crippen LogP contribution in [0.15, 0.2) is 41.9 Å². The summed E-state index contributed by atoms with van der Waals surface area (Å²) in [5.74, 6) is -0.288. The number of hydrogen-bond acceptors (Lipinski definition) is 4. The summed E-state index contributed by atoms with van der Waals surface area (Å²) < 4.78 is 4.83. The SMILES string of the molecule is COC(=O)C1(c2ccccc2)NC=CS1. The Bertz CT molecular complexity index is 381. The lowest BCUT2D eigenvalue weighted by atomic mass is 10.1. The highest BCUT2D eigenvalue weighted by Gasteiger charge is 2.43. The van der Waals surface area contributed by atoms with Gasteiger partial charge in [-0.3, -0.25) is 0 Å². The predicted molar refractivity (Wildman–Crippen MR) is 60.0 cm³/mol. The second-order valence-electron chi connectivity index (χ2n) is 3.10. The molecule has 1 aromatic rings. The number of benzene rings is 1. The van der Waals surface area contributed by atoms with Gasteiger partial charge in [0.1, 0.15) is 0 Å². The van der Waals surface area contributed by atoms with Crippen LogP contribution >= 0.6 is 11.8 Å². The number of carbonyl (C=O) groups is 1. The number of carbonyl (C=O) groups excluding carboxylic acids is 1. The molecule has 0 aliphatic carbocycles. The Morgan fingerprint density at radius 3 is 2.67 bits per heavy atom. The Morgan fingerprint density at radius 2 is 2.13 bits per heavy atom. The fourth-order valence-corrected chi connectivity index (χ4v) is 2.44. The van der Waals surface area contributed by atoms with Crippen LogP contribution in [0.25, 0.3) is 0 Å². The van der Waals surface area contributed by atoms with Crippen molar-refractivity contribution in [3.63, 3.8) is 0 Å². The molecular weight excluding hydrogens is 210 g/mol. The van der Waals surface area contributed by atoms with Gasteiger partial charge in [0, 0.05) is 6.20 Å². The molecule has 0 fully saturated rings. The summed E-state index contributed by atoms with van der Waals surface area (Å²) in [4.78, 5) is 11.0. The van der Waals surface area contributed by atoms with Gasteiger partial charge >= 0.3 is 5.97 Å². The Morgan fingerprint density at radius 1 is 1.40 bits per heavy atom. The van der Waals surface area contributed by atoms with Crippen LogP contribution in [0.4, 0.5) is 0 Å². The molecule has 1 aromatic carbocycles. The molecule has 0 amide bonds. The van der Waals surface area contributed by atoms with Crippen molar-refractivity contribution in [1.29, 1.82) is 0 Å². The first-order valence-electron chi connectivity index (χ1n) is 4.54. The topological polar surface area (TPSA) is 38.3 Å². The van der Waals surface area contributed by atoms with Crippen LogP contribution in [0.3, 0.4) is 0 Å². The van der Waals surface area contributed by atoms with E-state index in [4.69, 9.17) is 4.74 Å². The van der Waals surface area contributed by atoms with Crippen molar-refractivity contribution in [1.82, 2.24) is 5.32 Å². The number of esters is 1.